The van der Waals surface area contributed by atoms with Crippen LogP contribution < -0.4 is 0 Å². The van der Waals surface area contributed by atoms with E-state index in [0.29, 0.717) is 13.0 Å². The highest BCUT2D eigenvalue weighted by molar-refractivity contribution is 5.22. The maximum absolute atomic E-state index is 10.6. The molecule has 1 fully saturated rings. The summed E-state index contributed by atoms with van der Waals surface area (Å²) in [5.41, 5.74) is 0. The van der Waals surface area contributed by atoms with Gasteiger partial charge in [0.25, 0.3) is 0 Å². The molecule has 1 heterocycles. The molecule has 88 valence electrons. The second-order valence-electron chi connectivity index (χ2n) is 4.26. The van der Waals surface area contributed by atoms with Gasteiger partial charge in [-0.05, 0) is 25.0 Å². The number of aliphatic hydroxyl groups excluding tert-OH is 2. The van der Waals surface area contributed by atoms with Crippen LogP contribution in [0.15, 0.2) is 29.2 Å². The van der Waals surface area contributed by atoms with Gasteiger partial charge in [-0.25, -0.2) is 0 Å². The molecule has 2 rings (SSSR count). The van der Waals surface area contributed by atoms with Gasteiger partial charge >= 0.3 is 0 Å². The van der Waals surface area contributed by atoms with Crippen LogP contribution in [0.5, 0.6) is 0 Å². The molecular weight excluding hydrogens is 210 g/mol. The van der Waals surface area contributed by atoms with Gasteiger partial charge in [0.15, 0.2) is 6.29 Å². The molecule has 1 saturated heterocycles. The molecule has 5 heteroatoms. The Morgan fingerprint density at radius 2 is 2.38 bits per heavy atom. The zero-order chi connectivity index (χ0) is 11.5. The number of rotatable bonds is 3. The summed E-state index contributed by atoms with van der Waals surface area (Å²) < 4.78 is 5.05. The van der Waals surface area contributed by atoms with Crippen LogP contribution in [0.2, 0.25) is 0 Å². The van der Waals surface area contributed by atoms with Crippen molar-refractivity contribution >= 4 is 0 Å². The summed E-state index contributed by atoms with van der Waals surface area (Å²) in [4.78, 5) is 10.6. The quantitative estimate of drug-likeness (QED) is 0.713. The summed E-state index contributed by atoms with van der Waals surface area (Å²) >= 11 is 0. The largest absolute Gasteiger partial charge is 0.508 e. The molecule has 0 aromatic carbocycles. The predicted molar refractivity (Wildman–Crippen MR) is 57.6 cm³/mol. The SMILES string of the molecule is O=NC1C=C(O)C=CC1CC1CCOC1O. The van der Waals surface area contributed by atoms with Crippen molar-refractivity contribution in [2.24, 2.45) is 17.0 Å². The summed E-state index contributed by atoms with van der Waals surface area (Å²) in [6, 6.07) is -0.544. The fourth-order valence-electron chi connectivity index (χ4n) is 2.22. The first-order valence-electron chi connectivity index (χ1n) is 5.42. The lowest BCUT2D eigenvalue weighted by molar-refractivity contribution is -0.0851. The third kappa shape index (κ3) is 2.31. The Morgan fingerprint density at radius 3 is 3.00 bits per heavy atom. The molecule has 2 N–H and O–H groups in total. The minimum absolute atomic E-state index is 0.0487. The number of nitroso groups, excluding NO2 is 1. The molecule has 16 heavy (non-hydrogen) atoms. The van der Waals surface area contributed by atoms with E-state index in [-0.39, 0.29) is 17.6 Å². The van der Waals surface area contributed by atoms with E-state index in [1.165, 1.54) is 6.08 Å². The first-order chi connectivity index (χ1) is 7.70. The molecule has 0 aromatic heterocycles. The van der Waals surface area contributed by atoms with Crippen molar-refractivity contribution < 1.29 is 14.9 Å². The minimum atomic E-state index is -0.736. The third-order valence-electron chi connectivity index (χ3n) is 3.17. The number of allylic oxidation sites excluding steroid dienone is 1. The van der Waals surface area contributed by atoms with Gasteiger partial charge in [0.2, 0.25) is 0 Å². The molecule has 1 aliphatic heterocycles. The molecular formula is C11H15NO4. The fraction of sp³-hybridized carbons (Fsp3) is 0.636. The number of aliphatic hydroxyl groups is 2. The number of ether oxygens (including phenoxy) is 1. The number of nitrogens with zero attached hydrogens (tertiary/aromatic N) is 1. The highest BCUT2D eigenvalue weighted by Crippen LogP contribution is 2.31. The molecule has 5 nitrogen and oxygen atoms in total. The van der Waals surface area contributed by atoms with E-state index < -0.39 is 12.3 Å². The molecule has 0 radical (unpaired) electrons. The number of hydrogen-bond acceptors (Lipinski definition) is 5. The van der Waals surface area contributed by atoms with E-state index in [1.54, 1.807) is 12.2 Å². The molecule has 1 aliphatic carbocycles. The highest BCUT2D eigenvalue weighted by atomic mass is 16.6. The lowest BCUT2D eigenvalue weighted by Crippen LogP contribution is -2.24. The van der Waals surface area contributed by atoms with Gasteiger partial charge in [0.1, 0.15) is 11.8 Å². The Bertz CT molecular complexity index is 326. The second kappa shape index (κ2) is 4.76. The first kappa shape index (κ1) is 11.3. The van der Waals surface area contributed by atoms with Gasteiger partial charge in [-0.2, -0.15) is 4.91 Å². The first-order valence-corrected chi connectivity index (χ1v) is 5.42. The van der Waals surface area contributed by atoms with Crippen molar-refractivity contribution in [2.75, 3.05) is 6.61 Å². The third-order valence-corrected chi connectivity index (χ3v) is 3.17. The van der Waals surface area contributed by atoms with Crippen molar-refractivity contribution in [1.82, 2.24) is 0 Å². The molecule has 0 spiro atoms. The lowest BCUT2D eigenvalue weighted by Gasteiger charge is -2.23. The molecule has 0 bridgehead atoms. The average Bonchev–Trinajstić information content (AvgIpc) is 2.67. The highest BCUT2D eigenvalue weighted by Gasteiger charge is 2.32. The predicted octanol–water partition coefficient (Wildman–Crippen LogP) is 1.49. The van der Waals surface area contributed by atoms with Gasteiger partial charge in [-0.15, -0.1) is 0 Å². The Balaban J connectivity index is 1.99. The van der Waals surface area contributed by atoms with Crippen molar-refractivity contribution in [3.8, 4) is 0 Å². The molecule has 0 aromatic rings. The fourth-order valence-corrected chi connectivity index (χ4v) is 2.22. The van der Waals surface area contributed by atoms with E-state index in [2.05, 4.69) is 5.18 Å². The normalized spacial score (nSPS) is 38.4. The molecule has 0 amide bonds. The molecule has 0 saturated carbocycles. The minimum Gasteiger partial charge on any atom is -0.508 e. The van der Waals surface area contributed by atoms with Gasteiger partial charge in [0, 0.05) is 11.8 Å². The average molecular weight is 225 g/mol. The van der Waals surface area contributed by atoms with E-state index in [0.717, 1.165) is 6.42 Å². The van der Waals surface area contributed by atoms with Crippen LogP contribution in [-0.2, 0) is 4.74 Å². The summed E-state index contributed by atoms with van der Waals surface area (Å²) in [6.45, 7) is 0.558. The van der Waals surface area contributed by atoms with Crippen LogP contribution in [-0.4, -0.2) is 29.2 Å². The molecule has 2 aliphatic rings. The zero-order valence-corrected chi connectivity index (χ0v) is 8.82. The summed E-state index contributed by atoms with van der Waals surface area (Å²) in [7, 11) is 0. The van der Waals surface area contributed by atoms with Gasteiger partial charge < -0.3 is 14.9 Å². The van der Waals surface area contributed by atoms with Gasteiger partial charge in [-0.3, -0.25) is 0 Å². The topological polar surface area (TPSA) is 79.1 Å². The van der Waals surface area contributed by atoms with E-state index in [9.17, 15) is 15.1 Å². The van der Waals surface area contributed by atoms with Crippen molar-refractivity contribution in [3.63, 3.8) is 0 Å². The smallest absolute Gasteiger partial charge is 0.157 e. The van der Waals surface area contributed by atoms with Crippen LogP contribution in [0, 0.1) is 16.7 Å². The molecule has 4 unspecified atom stereocenters. The van der Waals surface area contributed by atoms with Crippen LogP contribution in [0.3, 0.4) is 0 Å². The van der Waals surface area contributed by atoms with Crippen molar-refractivity contribution in [3.05, 3.63) is 28.9 Å². The summed E-state index contributed by atoms with van der Waals surface area (Å²) in [5, 5.41) is 21.7. The summed E-state index contributed by atoms with van der Waals surface area (Å²) in [6.07, 6.45) is 5.49. The van der Waals surface area contributed by atoms with Crippen molar-refractivity contribution in [1.29, 1.82) is 0 Å². The van der Waals surface area contributed by atoms with Crippen LogP contribution in [0.4, 0.5) is 0 Å². The van der Waals surface area contributed by atoms with Crippen LogP contribution in [0.1, 0.15) is 12.8 Å². The number of hydrogen-bond donors (Lipinski definition) is 2. The second-order valence-corrected chi connectivity index (χ2v) is 4.26. The maximum atomic E-state index is 10.6. The van der Waals surface area contributed by atoms with E-state index in [1.807, 2.05) is 0 Å². The zero-order valence-electron chi connectivity index (χ0n) is 8.82. The van der Waals surface area contributed by atoms with Crippen LogP contribution in [0.25, 0.3) is 0 Å². The lowest BCUT2D eigenvalue weighted by atomic mass is 9.85. The Morgan fingerprint density at radius 1 is 1.56 bits per heavy atom. The van der Waals surface area contributed by atoms with Gasteiger partial charge in [-0.1, -0.05) is 11.3 Å². The Labute approximate surface area is 93.4 Å². The molecule has 4 atom stereocenters. The van der Waals surface area contributed by atoms with E-state index in [4.69, 9.17) is 4.74 Å². The maximum Gasteiger partial charge on any atom is 0.157 e. The van der Waals surface area contributed by atoms with Gasteiger partial charge in [0.05, 0.1) is 6.61 Å². The Hall–Kier alpha value is -1.20. The Kier molecular flexibility index (Phi) is 3.36. The summed E-state index contributed by atoms with van der Waals surface area (Å²) in [5.74, 6) is 0.0614. The monoisotopic (exact) mass is 225 g/mol. The standard InChI is InChI=1S/C11H15NO4/c13-9-2-1-7(10(6-9)12-15)5-8-3-4-16-11(8)14/h1-2,6-8,10-11,13-14H,3-5H2. The van der Waals surface area contributed by atoms with Crippen molar-refractivity contribution in [2.45, 2.75) is 25.2 Å². The van der Waals surface area contributed by atoms with E-state index >= 15 is 0 Å². The van der Waals surface area contributed by atoms with Crippen LogP contribution >= 0.6 is 0 Å².